The molecule has 1 aliphatic rings. The molecule has 1 unspecified atom stereocenters. The van der Waals surface area contributed by atoms with E-state index in [1.807, 2.05) is 37.3 Å². The smallest absolute Gasteiger partial charge is 0.220 e. The summed E-state index contributed by atoms with van der Waals surface area (Å²) in [5.74, 6) is 0.287. The van der Waals surface area contributed by atoms with Gasteiger partial charge in [0.25, 0.3) is 0 Å². The Morgan fingerprint density at radius 2 is 2.11 bits per heavy atom. The first-order valence-electron chi connectivity index (χ1n) is 6.13. The lowest BCUT2D eigenvalue weighted by molar-refractivity contribution is 0.0758. The van der Waals surface area contributed by atoms with Crippen molar-refractivity contribution in [2.75, 3.05) is 0 Å². The van der Waals surface area contributed by atoms with Gasteiger partial charge in [-0.1, -0.05) is 36.9 Å². The highest BCUT2D eigenvalue weighted by atomic mass is 16.5. The Bertz CT molecular complexity index is 534. The van der Waals surface area contributed by atoms with Gasteiger partial charge in [0.1, 0.15) is 0 Å². The van der Waals surface area contributed by atoms with Crippen molar-refractivity contribution in [1.82, 2.24) is 5.32 Å². The summed E-state index contributed by atoms with van der Waals surface area (Å²) >= 11 is 0. The van der Waals surface area contributed by atoms with Crippen molar-refractivity contribution in [3.05, 3.63) is 60.0 Å². The molecule has 4 nitrogen and oxygen atoms in total. The Morgan fingerprint density at radius 3 is 2.74 bits per heavy atom. The van der Waals surface area contributed by atoms with Gasteiger partial charge in [0.05, 0.1) is 0 Å². The molecule has 0 bridgehead atoms. The first-order chi connectivity index (χ1) is 8.98. The van der Waals surface area contributed by atoms with Crippen LogP contribution in [0, 0.1) is 0 Å². The molecular formula is C15H18N2O2. The van der Waals surface area contributed by atoms with Crippen LogP contribution in [-0.2, 0) is 11.3 Å². The van der Waals surface area contributed by atoms with Gasteiger partial charge in [0, 0.05) is 18.2 Å². The SMILES string of the molecule is C=C(C)C1=NC(O)=CC(C)(NCc2ccccc2)O1. The molecule has 4 heteroatoms. The highest BCUT2D eigenvalue weighted by Crippen LogP contribution is 2.20. The topological polar surface area (TPSA) is 53.9 Å². The first-order valence-corrected chi connectivity index (χ1v) is 6.13. The lowest BCUT2D eigenvalue weighted by atomic mass is 10.1. The number of benzene rings is 1. The third-order valence-electron chi connectivity index (χ3n) is 2.78. The fourth-order valence-electron chi connectivity index (χ4n) is 1.78. The molecule has 0 amide bonds. The fraction of sp³-hybridized carbons (Fsp3) is 0.267. The molecule has 0 saturated heterocycles. The highest BCUT2D eigenvalue weighted by molar-refractivity contribution is 5.93. The van der Waals surface area contributed by atoms with Gasteiger partial charge in [-0.2, -0.15) is 4.99 Å². The third-order valence-corrected chi connectivity index (χ3v) is 2.78. The molecule has 2 rings (SSSR count). The van der Waals surface area contributed by atoms with Gasteiger partial charge in [0.15, 0.2) is 5.72 Å². The van der Waals surface area contributed by atoms with E-state index in [1.54, 1.807) is 13.0 Å². The van der Waals surface area contributed by atoms with Gasteiger partial charge >= 0.3 is 0 Å². The first kappa shape index (κ1) is 13.4. The molecule has 1 atom stereocenters. The second-order valence-corrected chi connectivity index (χ2v) is 4.75. The van der Waals surface area contributed by atoms with Crippen LogP contribution in [0.4, 0.5) is 0 Å². The van der Waals surface area contributed by atoms with Gasteiger partial charge in [-0.3, -0.25) is 5.32 Å². The monoisotopic (exact) mass is 258 g/mol. The van der Waals surface area contributed by atoms with Crippen LogP contribution in [-0.4, -0.2) is 16.7 Å². The van der Waals surface area contributed by atoms with E-state index >= 15 is 0 Å². The maximum atomic E-state index is 9.67. The number of ether oxygens (including phenoxy) is 1. The molecule has 0 fully saturated rings. The van der Waals surface area contributed by atoms with E-state index in [0.29, 0.717) is 18.0 Å². The summed E-state index contributed by atoms with van der Waals surface area (Å²) in [6.07, 6.45) is 1.54. The fourth-order valence-corrected chi connectivity index (χ4v) is 1.78. The number of nitrogens with zero attached hydrogens (tertiary/aromatic N) is 1. The summed E-state index contributed by atoms with van der Waals surface area (Å²) in [4.78, 5) is 3.90. The molecule has 0 aromatic heterocycles. The van der Waals surface area contributed by atoms with Crippen molar-refractivity contribution in [2.45, 2.75) is 26.1 Å². The Balaban J connectivity index is 2.08. The molecule has 0 spiro atoms. The summed E-state index contributed by atoms with van der Waals surface area (Å²) in [6, 6.07) is 9.98. The second kappa shape index (κ2) is 5.28. The zero-order valence-corrected chi connectivity index (χ0v) is 11.2. The number of aliphatic hydroxyl groups excluding tert-OH is 1. The second-order valence-electron chi connectivity index (χ2n) is 4.75. The number of aliphatic imine (C=N–C) groups is 1. The van der Waals surface area contributed by atoms with Crippen molar-refractivity contribution in [2.24, 2.45) is 4.99 Å². The van der Waals surface area contributed by atoms with Gasteiger partial charge in [0.2, 0.25) is 11.8 Å². The minimum atomic E-state index is -0.796. The van der Waals surface area contributed by atoms with E-state index in [9.17, 15) is 5.11 Å². The molecule has 100 valence electrons. The lowest BCUT2D eigenvalue weighted by Crippen LogP contribution is -2.46. The third kappa shape index (κ3) is 3.45. The predicted octanol–water partition coefficient (Wildman–Crippen LogP) is 2.90. The number of hydrogen-bond acceptors (Lipinski definition) is 4. The molecule has 0 radical (unpaired) electrons. The summed E-state index contributed by atoms with van der Waals surface area (Å²) in [5, 5.41) is 12.9. The summed E-state index contributed by atoms with van der Waals surface area (Å²) in [7, 11) is 0. The number of hydrogen-bond donors (Lipinski definition) is 2. The minimum Gasteiger partial charge on any atom is -0.493 e. The van der Waals surface area contributed by atoms with E-state index in [2.05, 4.69) is 16.9 Å². The average molecular weight is 258 g/mol. The zero-order valence-electron chi connectivity index (χ0n) is 11.2. The van der Waals surface area contributed by atoms with Crippen LogP contribution in [0.25, 0.3) is 0 Å². The molecule has 1 aromatic carbocycles. The van der Waals surface area contributed by atoms with Crippen molar-refractivity contribution in [1.29, 1.82) is 0 Å². The van der Waals surface area contributed by atoms with E-state index in [-0.39, 0.29) is 5.88 Å². The van der Waals surface area contributed by atoms with Crippen LogP contribution in [0.1, 0.15) is 19.4 Å². The van der Waals surface area contributed by atoms with Crippen molar-refractivity contribution >= 4 is 5.90 Å². The summed E-state index contributed by atoms with van der Waals surface area (Å²) in [5.41, 5.74) is 1.02. The van der Waals surface area contributed by atoms with E-state index in [4.69, 9.17) is 4.74 Å². The highest BCUT2D eigenvalue weighted by Gasteiger charge is 2.29. The molecule has 19 heavy (non-hydrogen) atoms. The normalized spacial score (nSPS) is 22.2. The van der Waals surface area contributed by atoms with E-state index < -0.39 is 5.72 Å². The number of rotatable bonds is 4. The van der Waals surface area contributed by atoms with Gasteiger partial charge < -0.3 is 9.84 Å². The molecule has 0 saturated carbocycles. The van der Waals surface area contributed by atoms with Crippen LogP contribution < -0.4 is 5.32 Å². The van der Waals surface area contributed by atoms with Crippen LogP contribution in [0.2, 0.25) is 0 Å². The van der Waals surface area contributed by atoms with Crippen LogP contribution in [0.5, 0.6) is 0 Å². The molecule has 2 N–H and O–H groups in total. The molecule has 1 heterocycles. The van der Waals surface area contributed by atoms with Gasteiger partial charge in [-0.25, -0.2) is 0 Å². The maximum absolute atomic E-state index is 9.67. The van der Waals surface area contributed by atoms with Gasteiger partial charge in [-0.15, -0.1) is 0 Å². The predicted molar refractivity (Wildman–Crippen MR) is 75.7 cm³/mol. The standard InChI is InChI=1S/C15H18N2O2/c1-11(2)14-17-13(18)9-15(3,19-14)16-10-12-7-5-4-6-8-12/h4-9,16,18H,1,10H2,2-3H3. The number of aliphatic hydroxyl groups is 1. The Morgan fingerprint density at radius 1 is 1.42 bits per heavy atom. The summed E-state index contributed by atoms with van der Waals surface area (Å²) < 4.78 is 5.73. The largest absolute Gasteiger partial charge is 0.493 e. The molecule has 0 aliphatic carbocycles. The quantitative estimate of drug-likeness (QED) is 0.873. The maximum Gasteiger partial charge on any atom is 0.220 e. The van der Waals surface area contributed by atoms with Gasteiger partial charge in [-0.05, 0) is 19.4 Å². The van der Waals surface area contributed by atoms with Crippen molar-refractivity contribution < 1.29 is 9.84 Å². The molecule has 1 aromatic rings. The Hall–Kier alpha value is -2.07. The lowest BCUT2D eigenvalue weighted by Gasteiger charge is -2.31. The van der Waals surface area contributed by atoms with E-state index in [1.165, 1.54) is 0 Å². The minimum absolute atomic E-state index is 0.0627. The summed E-state index contributed by atoms with van der Waals surface area (Å²) in [6.45, 7) is 8.03. The van der Waals surface area contributed by atoms with Crippen molar-refractivity contribution in [3.8, 4) is 0 Å². The molecule has 1 aliphatic heterocycles. The average Bonchev–Trinajstić information content (AvgIpc) is 2.37. The Labute approximate surface area is 113 Å². The Kier molecular flexibility index (Phi) is 3.71. The van der Waals surface area contributed by atoms with Crippen molar-refractivity contribution in [3.63, 3.8) is 0 Å². The number of nitrogens with one attached hydrogen (secondary N) is 1. The van der Waals surface area contributed by atoms with Crippen LogP contribution in [0.15, 0.2) is 59.4 Å². The van der Waals surface area contributed by atoms with E-state index in [0.717, 1.165) is 5.56 Å². The zero-order chi connectivity index (χ0) is 13.9. The van der Waals surface area contributed by atoms with Crippen LogP contribution >= 0.6 is 0 Å². The molecular weight excluding hydrogens is 240 g/mol. The van der Waals surface area contributed by atoms with Crippen LogP contribution in [0.3, 0.4) is 0 Å².